The monoisotopic (exact) mass is 345 g/mol. The SMILES string of the molecule is CN(C)C(=O)C1CCCN1C(=O)Cn1cccc(C(F)(F)F)c1=O. The van der Waals surface area contributed by atoms with Gasteiger partial charge in [-0.25, -0.2) is 0 Å². The van der Waals surface area contributed by atoms with Gasteiger partial charge in [-0.1, -0.05) is 0 Å². The minimum Gasteiger partial charge on any atom is -0.347 e. The van der Waals surface area contributed by atoms with Crippen molar-refractivity contribution in [3.63, 3.8) is 0 Å². The predicted octanol–water partition coefficient (Wildman–Crippen LogP) is 0.946. The zero-order valence-corrected chi connectivity index (χ0v) is 13.3. The van der Waals surface area contributed by atoms with Crippen molar-refractivity contribution in [1.82, 2.24) is 14.4 Å². The van der Waals surface area contributed by atoms with Crippen molar-refractivity contribution in [2.75, 3.05) is 20.6 Å². The average molecular weight is 345 g/mol. The fourth-order valence-corrected chi connectivity index (χ4v) is 2.73. The molecule has 1 aliphatic heterocycles. The Balaban J connectivity index is 2.21. The van der Waals surface area contributed by atoms with E-state index in [0.29, 0.717) is 25.5 Å². The molecular weight excluding hydrogens is 327 g/mol. The summed E-state index contributed by atoms with van der Waals surface area (Å²) in [5, 5.41) is 0. The van der Waals surface area contributed by atoms with Crippen molar-refractivity contribution in [1.29, 1.82) is 0 Å². The summed E-state index contributed by atoms with van der Waals surface area (Å²) in [5.74, 6) is -0.786. The van der Waals surface area contributed by atoms with Crippen molar-refractivity contribution in [2.24, 2.45) is 0 Å². The Morgan fingerprint density at radius 3 is 2.58 bits per heavy atom. The zero-order valence-electron chi connectivity index (χ0n) is 13.3. The van der Waals surface area contributed by atoms with E-state index in [1.807, 2.05) is 0 Å². The van der Waals surface area contributed by atoms with Crippen LogP contribution in [0.5, 0.6) is 0 Å². The topological polar surface area (TPSA) is 62.6 Å². The summed E-state index contributed by atoms with van der Waals surface area (Å²) in [6.07, 6.45) is -2.51. The Kier molecular flexibility index (Phi) is 5.00. The van der Waals surface area contributed by atoms with Crippen LogP contribution in [0.2, 0.25) is 0 Å². The van der Waals surface area contributed by atoms with Crippen LogP contribution in [0.25, 0.3) is 0 Å². The molecule has 0 radical (unpaired) electrons. The van der Waals surface area contributed by atoms with Crippen LogP contribution in [-0.2, 0) is 22.3 Å². The van der Waals surface area contributed by atoms with E-state index < -0.39 is 35.8 Å². The number of pyridine rings is 1. The molecule has 1 aromatic heterocycles. The first-order valence-corrected chi connectivity index (χ1v) is 7.40. The molecule has 9 heteroatoms. The van der Waals surface area contributed by atoms with Crippen LogP contribution in [0, 0.1) is 0 Å². The molecule has 2 heterocycles. The number of rotatable bonds is 3. The van der Waals surface area contributed by atoms with E-state index in [0.717, 1.165) is 16.8 Å². The predicted molar refractivity (Wildman–Crippen MR) is 79.1 cm³/mol. The van der Waals surface area contributed by atoms with Gasteiger partial charge in [-0.15, -0.1) is 0 Å². The van der Waals surface area contributed by atoms with Crippen molar-refractivity contribution in [3.05, 3.63) is 34.2 Å². The summed E-state index contributed by atoms with van der Waals surface area (Å²) in [6, 6.07) is 1.12. The van der Waals surface area contributed by atoms with Crippen LogP contribution >= 0.6 is 0 Å². The highest BCUT2D eigenvalue weighted by atomic mass is 19.4. The summed E-state index contributed by atoms with van der Waals surface area (Å²) < 4.78 is 39.0. The van der Waals surface area contributed by atoms with Crippen molar-refractivity contribution in [2.45, 2.75) is 31.6 Å². The van der Waals surface area contributed by atoms with E-state index >= 15 is 0 Å². The maximum Gasteiger partial charge on any atom is 0.421 e. The van der Waals surface area contributed by atoms with E-state index in [4.69, 9.17) is 0 Å². The molecule has 24 heavy (non-hydrogen) atoms. The van der Waals surface area contributed by atoms with E-state index in [-0.39, 0.29) is 5.91 Å². The van der Waals surface area contributed by atoms with Gasteiger partial charge in [0.25, 0.3) is 5.56 Å². The van der Waals surface area contributed by atoms with Crippen LogP contribution in [0.15, 0.2) is 23.1 Å². The number of hydrogen-bond donors (Lipinski definition) is 0. The zero-order chi connectivity index (χ0) is 18.1. The van der Waals surface area contributed by atoms with Gasteiger partial charge in [0.05, 0.1) is 0 Å². The van der Waals surface area contributed by atoms with Gasteiger partial charge >= 0.3 is 6.18 Å². The molecule has 1 unspecified atom stereocenters. The van der Waals surface area contributed by atoms with Crippen molar-refractivity contribution in [3.8, 4) is 0 Å². The lowest BCUT2D eigenvalue weighted by Gasteiger charge is -2.26. The van der Waals surface area contributed by atoms with Crippen molar-refractivity contribution < 1.29 is 22.8 Å². The Labute approximate surface area is 136 Å². The maximum absolute atomic E-state index is 12.8. The van der Waals surface area contributed by atoms with Crippen LogP contribution in [0.1, 0.15) is 18.4 Å². The molecule has 0 N–H and O–H groups in total. The minimum absolute atomic E-state index is 0.239. The van der Waals surface area contributed by atoms with Gasteiger partial charge in [-0.3, -0.25) is 14.4 Å². The fraction of sp³-hybridized carbons (Fsp3) is 0.533. The standard InChI is InChI=1S/C15H18F3N3O3/c1-19(2)14(24)11-6-4-8-21(11)12(22)9-20-7-3-5-10(13(20)23)15(16,17)18/h3,5,7,11H,4,6,8-9H2,1-2H3. The van der Waals surface area contributed by atoms with E-state index in [2.05, 4.69) is 0 Å². The van der Waals surface area contributed by atoms with Gasteiger partial charge in [-0.05, 0) is 25.0 Å². The number of alkyl halides is 3. The highest BCUT2D eigenvalue weighted by Gasteiger charge is 2.36. The van der Waals surface area contributed by atoms with Crippen LogP contribution < -0.4 is 5.56 Å². The lowest BCUT2D eigenvalue weighted by molar-refractivity contribution is -0.143. The van der Waals surface area contributed by atoms with Gasteiger partial charge in [0.1, 0.15) is 18.2 Å². The van der Waals surface area contributed by atoms with E-state index in [1.165, 1.54) is 9.80 Å². The second kappa shape index (κ2) is 6.66. The van der Waals surface area contributed by atoms with Crippen molar-refractivity contribution >= 4 is 11.8 Å². The van der Waals surface area contributed by atoms with Crippen LogP contribution in [0.3, 0.4) is 0 Å². The quantitative estimate of drug-likeness (QED) is 0.819. The molecule has 1 fully saturated rings. The number of amides is 2. The second-order valence-electron chi connectivity index (χ2n) is 5.83. The Hall–Kier alpha value is -2.32. The molecule has 0 aliphatic carbocycles. The minimum atomic E-state index is -4.78. The molecule has 2 rings (SSSR count). The molecular formula is C15H18F3N3O3. The molecule has 1 aliphatic rings. The summed E-state index contributed by atoms with van der Waals surface area (Å²) in [7, 11) is 3.14. The number of carbonyl (C=O) groups is 2. The summed E-state index contributed by atoms with van der Waals surface area (Å²) >= 11 is 0. The third-order valence-electron chi connectivity index (χ3n) is 3.93. The average Bonchev–Trinajstić information content (AvgIpc) is 2.96. The van der Waals surface area contributed by atoms with Gasteiger partial charge in [0.15, 0.2) is 0 Å². The third kappa shape index (κ3) is 3.60. The van der Waals surface area contributed by atoms with Gasteiger partial charge < -0.3 is 14.4 Å². The molecule has 0 bridgehead atoms. The summed E-state index contributed by atoms with van der Waals surface area (Å²) in [6.45, 7) is -0.184. The first kappa shape index (κ1) is 18.0. The normalized spacial score (nSPS) is 17.9. The number of likely N-dealkylation sites (tertiary alicyclic amines) is 1. The highest BCUT2D eigenvalue weighted by molar-refractivity contribution is 5.88. The molecule has 0 aromatic carbocycles. The second-order valence-corrected chi connectivity index (χ2v) is 5.83. The van der Waals surface area contributed by atoms with E-state index in [1.54, 1.807) is 14.1 Å². The lowest BCUT2D eigenvalue weighted by Crippen LogP contribution is -2.47. The fourth-order valence-electron chi connectivity index (χ4n) is 2.73. The van der Waals surface area contributed by atoms with Crippen LogP contribution in [0.4, 0.5) is 13.2 Å². The molecule has 0 saturated carbocycles. The first-order chi connectivity index (χ1) is 11.1. The first-order valence-electron chi connectivity index (χ1n) is 7.40. The molecule has 132 valence electrons. The van der Waals surface area contributed by atoms with Gasteiger partial charge in [0.2, 0.25) is 11.8 Å². The third-order valence-corrected chi connectivity index (χ3v) is 3.93. The highest BCUT2D eigenvalue weighted by Crippen LogP contribution is 2.26. The van der Waals surface area contributed by atoms with E-state index in [9.17, 15) is 27.6 Å². The molecule has 1 aromatic rings. The van der Waals surface area contributed by atoms with Gasteiger partial charge in [-0.2, -0.15) is 13.2 Å². The van der Waals surface area contributed by atoms with Gasteiger partial charge in [0, 0.05) is 26.8 Å². The Morgan fingerprint density at radius 2 is 2.00 bits per heavy atom. The summed E-state index contributed by atoms with van der Waals surface area (Å²) in [4.78, 5) is 39.0. The smallest absolute Gasteiger partial charge is 0.347 e. The molecule has 2 amide bonds. The number of likely N-dealkylation sites (N-methyl/N-ethyl adjacent to an activating group) is 1. The van der Waals surface area contributed by atoms with Crippen LogP contribution in [-0.4, -0.2) is 52.9 Å². The lowest BCUT2D eigenvalue weighted by atomic mass is 10.2. The molecule has 6 nitrogen and oxygen atoms in total. The largest absolute Gasteiger partial charge is 0.421 e. The number of nitrogens with zero attached hydrogens (tertiary/aromatic N) is 3. The molecule has 1 saturated heterocycles. The number of carbonyl (C=O) groups excluding carboxylic acids is 2. The number of aromatic nitrogens is 1. The number of halogens is 3. The maximum atomic E-state index is 12.8. The molecule has 1 atom stereocenters. The Bertz CT molecular complexity index is 697. The molecule has 0 spiro atoms. The summed E-state index contributed by atoms with van der Waals surface area (Å²) in [5.41, 5.74) is -2.59. The number of hydrogen-bond acceptors (Lipinski definition) is 3. The Morgan fingerprint density at radius 1 is 1.33 bits per heavy atom.